The first kappa shape index (κ1) is 18.4. The van der Waals surface area contributed by atoms with Gasteiger partial charge in [0, 0.05) is 45.9 Å². The molecule has 0 bridgehead atoms. The van der Waals surface area contributed by atoms with Gasteiger partial charge < -0.3 is 24.4 Å². The first-order chi connectivity index (χ1) is 14.3. The lowest BCUT2D eigenvalue weighted by Gasteiger charge is -2.34. The molecule has 1 unspecified atom stereocenters. The summed E-state index contributed by atoms with van der Waals surface area (Å²) in [5, 5.41) is 11.7. The zero-order valence-corrected chi connectivity index (χ0v) is 16.4. The Morgan fingerprint density at radius 3 is 2.86 bits per heavy atom. The number of nitrogens with one attached hydrogen (secondary N) is 1. The summed E-state index contributed by atoms with van der Waals surface area (Å²) < 4.78 is 16.5. The van der Waals surface area contributed by atoms with Crippen LogP contribution < -0.4 is 19.7 Å². The molecule has 0 spiro atoms. The molecule has 3 aliphatic heterocycles. The highest BCUT2D eigenvalue weighted by molar-refractivity contribution is 5.44. The van der Waals surface area contributed by atoms with Crippen LogP contribution in [0.3, 0.4) is 0 Å². The number of aromatic nitrogens is 3. The van der Waals surface area contributed by atoms with Crippen molar-refractivity contribution in [3.63, 3.8) is 0 Å². The Morgan fingerprint density at radius 2 is 2.00 bits per heavy atom. The van der Waals surface area contributed by atoms with E-state index in [-0.39, 0.29) is 6.10 Å². The second-order valence-electron chi connectivity index (χ2n) is 7.61. The van der Waals surface area contributed by atoms with E-state index in [1.807, 2.05) is 6.07 Å². The standard InChI is InChI=1S/C20H26N6O3/c1-2-16(27-9-1)11-21-19-12-22-24-20(23-19)26-7-5-25(6-8-26)13-15-3-4-17-18(10-15)29-14-28-17/h3-4,10,12,16H,1-2,5-9,11,13-14H2,(H,21,23,24). The number of hydrogen-bond acceptors (Lipinski definition) is 9. The highest BCUT2D eigenvalue weighted by Gasteiger charge is 2.21. The summed E-state index contributed by atoms with van der Waals surface area (Å²) in [7, 11) is 0. The normalized spacial score (nSPS) is 21.5. The third-order valence-corrected chi connectivity index (χ3v) is 5.58. The Bertz CT molecular complexity index is 837. The number of hydrogen-bond donors (Lipinski definition) is 1. The van der Waals surface area contributed by atoms with Crippen molar-refractivity contribution in [3.8, 4) is 11.5 Å². The van der Waals surface area contributed by atoms with E-state index in [0.29, 0.717) is 12.7 Å². The maximum absolute atomic E-state index is 5.65. The molecular formula is C20H26N6O3. The third-order valence-electron chi connectivity index (χ3n) is 5.58. The summed E-state index contributed by atoms with van der Waals surface area (Å²) >= 11 is 0. The first-order valence-corrected chi connectivity index (χ1v) is 10.2. The lowest BCUT2D eigenvalue weighted by atomic mass is 10.1. The number of piperazine rings is 1. The average molecular weight is 398 g/mol. The zero-order valence-electron chi connectivity index (χ0n) is 16.4. The van der Waals surface area contributed by atoms with Crippen LogP contribution in [0.1, 0.15) is 18.4 Å². The second kappa shape index (κ2) is 8.38. The number of anilines is 2. The summed E-state index contributed by atoms with van der Waals surface area (Å²) in [4.78, 5) is 9.27. The minimum atomic E-state index is 0.271. The van der Waals surface area contributed by atoms with E-state index in [4.69, 9.17) is 14.2 Å². The Kier molecular flexibility index (Phi) is 5.31. The maximum atomic E-state index is 5.65. The average Bonchev–Trinajstić information content (AvgIpc) is 3.45. The van der Waals surface area contributed by atoms with Crippen molar-refractivity contribution in [1.29, 1.82) is 0 Å². The van der Waals surface area contributed by atoms with Crippen molar-refractivity contribution in [2.45, 2.75) is 25.5 Å². The molecule has 0 aliphatic carbocycles. The summed E-state index contributed by atoms with van der Waals surface area (Å²) in [6.45, 7) is 6.48. The third kappa shape index (κ3) is 4.35. The van der Waals surface area contributed by atoms with Crippen LogP contribution in [0.4, 0.5) is 11.8 Å². The van der Waals surface area contributed by atoms with Gasteiger partial charge in [-0.15, -0.1) is 5.10 Å². The highest BCUT2D eigenvalue weighted by Crippen LogP contribution is 2.32. The molecule has 154 valence electrons. The molecule has 1 atom stereocenters. The van der Waals surface area contributed by atoms with Crippen molar-refractivity contribution in [2.24, 2.45) is 0 Å². The number of nitrogens with zero attached hydrogens (tertiary/aromatic N) is 5. The largest absolute Gasteiger partial charge is 0.454 e. The van der Waals surface area contributed by atoms with E-state index in [9.17, 15) is 0 Å². The quantitative estimate of drug-likeness (QED) is 0.778. The first-order valence-electron chi connectivity index (χ1n) is 10.2. The van der Waals surface area contributed by atoms with Gasteiger partial charge in [-0.25, -0.2) is 0 Å². The smallest absolute Gasteiger partial charge is 0.247 e. The van der Waals surface area contributed by atoms with Crippen LogP contribution in [0.2, 0.25) is 0 Å². The van der Waals surface area contributed by atoms with E-state index in [2.05, 4.69) is 42.4 Å². The van der Waals surface area contributed by atoms with Crippen molar-refractivity contribution in [2.75, 3.05) is 56.3 Å². The summed E-state index contributed by atoms with van der Waals surface area (Å²) in [5.41, 5.74) is 1.24. The molecule has 0 saturated carbocycles. The van der Waals surface area contributed by atoms with Crippen LogP contribution in [-0.4, -0.2) is 72.3 Å². The predicted octanol–water partition coefficient (Wildman–Crippen LogP) is 1.51. The lowest BCUT2D eigenvalue weighted by Crippen LogP contribution is -2.46. The monoisotopic (exact) mass is 398 g/mol. The van der Waals surface area contributed by atoms with Crippen molar-refractivity contribution >= 4 is 11.8 Å². The van der Waals surface area contributed by atoms with Crippen LogP contribution in [-0.2, 0) is 11.3 Å². The molecule has 0 radical (unpaired) electrons. The Hall–Kier alpha value is -2.65. The minimum absolute atomic E-state index is 0.271. The summed E-state index contributed by atoms with van der Waals surface area (Å²) in [5.74, 6) is 3.11. The molecule has 1 N–H and O–H groups in total. The van der Waals surface area contributed by atoms with E-state index in [0.717, 1.165) is 76.0 Å². The highest BCUT2D eigenvalue weighted by atomic mass is 16.7. The Balaban J connectivity index is 1.14. The fourth-order valence-electron chi connectivity index (χ4n) is 3.94. The SMILES string of the molecule is c1cc2c(cc1CN1CCN(c3nncc(NCC4CCCO4)n3)CC1)OCO2. The van der Waals surface area contributed by atoms with Gasteiger partial charge in [0.15, 0.2) is 17.3 Å². The van der Waals surface area contributed by atoms with Crippen LogP contribution in [0.5, 0.6) is 11.5 Å². The number of ether oxygens (including phenoxy) is 3. The minimum Gasteiger partial charge on any atom is -0.454 e. The van der Waals surface area contributed by atoms with Crippen LogP contribution in [0.25, 0.3) is 0 Å². The van der Waals surface area contributed by atoms with Crippen molar-refractivity contribution in [3.05, 3.63) is 30.0 Å². The van der Waals surface area contributed by atoms with Gasteiger partial charge in [0.2, 0.25) is 12.7 Å². The molecule has 2 saturated heterocycles. The van der Waals surface area contributed by atoms with Gasteiger partial charge in [-0.2, -0.15) is 10.1 Å². The topological polar surface area (TPSA) is 84.9 Å². The van der Waals surface area contributed by atoms with Gasteiger partial charge in [-0.05, 0) is 30.5 Å². The summed E-state index contributed by atoms with van der Waals surface area (Å²) in [6.07, 6.45) is 4.18. The predicted molar refractivity (Wildman–Crippen MR) is 107 cm³/mol. The molecule has 29 heavy (non-hydrogen) atoms. The molecule has 5 rings (SSSR count). The van der Waals surface area contributed by atoms with Gasteiger partial charge in [0.25, 0.3) is 0 Å². The van der Waals surface area contributed by atoms with Gasteiger partial charge in [0.05, 0.1) is 12.3 Å². The van der Waals surface area contributed by atoms with E-state index >= 15 is 0 Å². The van der Waals surface area contributed by atoms with E-state index < -0.39 is 0 Å². The molecule has 2 fully saturated rings. The molecule has 2 aromatic rings. The molecule has 0 amide bonds. The molecule has 1 aromatic heterocycles. The Labute approximate surface area is 170 Å². The van der Waals surface area contributed by atoms with Gasteiger partial charge >= 0.3 is 0 Å². The number of rotatable bonds is 6. The second-order valence-corrected chi connectivity index (χ2v) is 7.61. The molecule has 9 heteroatoms. The lowest BCUT2D eigenvalue weighted by molar-refractivity contribution is 0.120. The Morgan fingerprint density at radius 1 is 1.10 bits per heavy atom. The molecule has 4 heterocycles. The van der Waals surface area contributed by atoms with Gasteiger partial charge in [-0.3, -0.25) is 4.90 Å². The van der Waals surface area contributed by atoms with E-state index in [1.165, 1.54) is 5.56 Å². The van der Waals surface area contributed by atoms with Crippen LogP contribution >= 0.6 is 0 Å². The number of benzene rings is 1. The van der Waals surface area contributed by atoms with Crippen LogP contribution in [0, 0.1) is 0 Å². The maximum Gasteiger partial charge on any atom is 0.247 e. The fourth-order valence-corrected chi connectivity index (χ4v) is 3.94. The van der Waals surface area contributed by atoms with E-state index in [1.54, 1.807) is 6.20 Å². The summed E-state index contributed by atoms with van der Waals surface area (Å²) in [6, 6.07) is 6.17. The molecule has 1 aromatic carbocycles. The molecular weight excluding hydrogens is 372 g/mol. The van der Waals surface area contributed by atoms with Gasteiger partial charge in [-0.1, -0.05) is 6.07 Å². The van der Waals surface area contributed by atoms with Crippen molar-refractivity contribution in [1.82, 2.24) is 20.1 Å². The fraction of sp³-hybridized carbons (Fsp3) is 0.550. The molecule has 3 aliphatic rings. The van der Waals surface area contributed by atoms with Crippen molar-refractivity contribution < 1.29 is 14.2 Å². The number of fused-ring (bicyclic) bond motifs is 1. The van der Waals surface area contributed by atoms with Gasteiger partial charge in [0.1, 0.15) is 0 Å². The van der Waals surface area contributed by atoms with Crippen LogP contribution in [0.15, 0.2) is 24.4 Å². The zero-order chi connectivity index (χ0) is 19.5. The molecule has 9 nitrogen and oxygen atoms in total.